The molecule has 0 amide bonds. The number of para-hydroxylation sites is 4. The van der Waals surface area contributed by atoms with Crippen molar-refractivity contribution in [2.75, 3.05) is 0 Å². The number of nitrogens with zero attached hydrogens (tertiary/aromatic N) is 4. The lowest BCUT2D eigenvalue weighted by Crippen LogP contribution is -2.06. The van der Waals surface area contributed by atoms with Crippen molar-refractivity contribution in [1.29, 1.82) is 0 Å². The molecule has 0 fully saturated rings. The minimum absolute atomic E-state index is 0.572. The minimum atomic E-state index is 0.572. The molecule has 5 nitrogen and oxygen atoms in total. The number of fused-ring (bicyclic) bond motifs is 9. The lowest BCUT2D eigenvalue weighted by molar-refractivity contribution is 0.671. The minimum Gasteiger partial charge on any atom is -0.455 e. The highest BCUT2D eigenvalue weighted by molar-refractivity contribution is 7.26. The smallest absolute Gasteiger partial charge is 0.238 e. The molecule has 0 spiro atoms. The SMILES string of the molecule is c1ccc(-c2nc(-c3cccc(-c4cccc5c4oc4c(-c6cccc7c6sc6ccccc67)cccc45)c3)nc(-n3c4ccccc4c4ccccc43)n2)cc1. The van der Waals surface area contributed by atoms with Gasteiger partial charge in [-0.25, -0.2) is 4.98 Å². The molecule has 57 heavy (non-hydrogen) atoms. The Bertz CT molecular complexity index is 3490. The van der Waals surface area contributed by atoms with E-state index >= 15 is 0 Å². The molecular weight excluding hydrogens is 717 g/mol. The van der Waals surface area contributed by atoms with Crippen LogP contribution in [0.1, 0.15) is 0 Å². The van der Waals surface area contributed by atoms with E-state index in [1.807, 2.05) is 41.7 Å². The molecule has 0 aliphatic heterocycles. The van der Waals surface area contributed by atoms with Gasteiger partial charge in [0.2, 0.25) is 5.95 Å². The first-order chi connectivity index (χ1) is 28.3. The highest BCUT2D eigenvalue weighted by Crippen LogP contribution is 2.45. The van der Waals surface area contributed by atoms with Crippen molar-refractivity contribution >= 4 is 75.3 Å². The second-order valence-corrected chi connectivity index (χ2v) is 15.4. The van der Waals surface area contributed by atoms with E-state index in [0.717, 1.165) is 71.6 Å². The lowest BCUT2D eigenvalue weighted by Gasteiger charge is -2.11. The molecule has 4 aromatic heterocycles. The highest BCUT2D eigenvalue weighted by Gasteiger charge is 2.20. The van der Waals surface area contributed by atoms with Crippen molar-refractivity contribution in [3.05, 3.63) is 182 Å². The van der Waals surface area contributed by atoms with Crippen LogP contribution in [-0.4, -0.2) is 19.5 Å². The van der Waals surface area contributed by atoms with Gasteiger partial charge in [0, 0.05) is 69.5 Å². The maximum Gasteiger partial charge on any atom is 0.238 e. The fourth-order valence-electron chi connectivity index (χ4n) is 8.49. The number of thiophene rings is 1. The van der Waals surface area contributed by atoms with Crippen LogP contribution in [0.5, 0.6) is 0 Å². The average Bonchev–Trinajstić information content (AvgIpc) is 3.97. The van der Waals surface area contributed by atoms with Crippen molar-refractivity contribution < 1.29 is 4.42 Å². The van der Waals surface area contributed by atoms with Crippen LogP contribution < -0.4 is 0 Å². The van der Waals surface area contributed by atoms with E-state index in [2.05, 4.69) is 156 Å². The maximum absolute atomic E-state index is 6.98. The van der Waals surface area contributed by atoms with Crippen LogP contribution in [0.3, 0.4) is 0 Å². The summed E-state index contributed by atoms with van der Waals surface area (Å²) < 4.78 is 11.7. The molecule has 4 heterocycles. The molecule has 0 radical (unpaired) electrons. The first-order valence-corrected chi connectivity index (χ1v) is 19.8. The van der Waals surface area contributed by atoms with Gasteiger partial charge in [-0.15, -0.1) is 11.3 Å². The molecule has 0 saturated heterocycles. The van der Waals surface area contributed by atoms with Crippen LogP contribution in [0.2, 0.25) is 0 Å². The Labute approximate surface area is 330 Å². The van der Waals surface area contributed by atoms with Gasteiger partial charge < -0.3 is 4.42 Å². The monoisotopic (exact) mass is 746 g/mol. The molecule has 8 aromatic carbocycles. The summed E-state index contributed by atoms with van der Waals surface area (Å²) in [6.07, 6.45) is 0. The Kier molecular flexibility index (Phi) is 7.03. The second-order valence-electron chi connectivity index (χ2n) is 14.3. The molecule has 12 aromatic rings. The molecule has 0 unspecified atom stereocenters. The molecule has 0 atom stereocenters. The van der Waals surface area contributed by atoms with Crippen molar-refractivity contribution in [1.82, 2.24) is 19.5 Å². The topological polar surface area (TPSA) is 56.7 Å². The van der Waals surface area contributed by atoms with Crippen LogP contribution in [0.25, 0.3) is 115 Å². The molecular formula is C51H30N4OS. The zero-order chi connectivity index (χ0) is 37.5. The Morgan fingerprint density at radius 1 is 0.386 bits per heavy atom. The molecule has 0 saturated carbocycles. The number of furan rings is 1. The highest BCUT2D eigenvalue weighted by atomic mass is 32.1. The maximum atomic E-state index is 6.98. The molecule has 266 valence electrons. The third-order valence-corrected chi connectivity index (χ3v) is 12.3. The zero-order valence-corrected chi connectivity index (χ0v) is 31.2. The summed E-state index contributed by atoms with van der Waals surface area (Å²) in [6.45, 7) is 0. The van der Waals surface area contributed by atoms with Gasteiger partial charge in [-0.2, -0.15) is 9.97 Å². The van der Waals surface area contributed by atoms with E-state index in [-0.39, 0.29) is 0 Å². The van der Waals surface area contributed by atoms with Crippen molar-refractivity contribution in [2.24, 2.45) is 0 Å². The van der Waals surface area contributed by atoms with E-state index in [1.165, 1.54) is 25.7 Å². The van der Waals surface area contributed by atoms with Crippen LogP contribution in [0.4, 0.5) is 0 Å². The van der Waals surface area contributed by atoms with Crippen LogP contribution in [-0.2, 0) is 0 Å². The first-order valence-electron chi connectivity index (χ1n) is 19.0. The number of rotatable bonds is 5. The number of hydrogen-bond donors (Lipinski definition) is 0. The summed E-state index contributed by atoms with van der Waals surface area (Å²) in [7, 11) is 0. The summed E-state index contributed by atoms with van der Waals surface area (Å²) in [5, 5.41) is 7.04. The molecule has 0 aliphatic carbocycles. The molecule has 0 bridgehead atoms. The number of benzene rings is 8. The van der Waals surface area contributed by atoms with Gasteiger partial charge >= 0.3 is 0 Å². The lowest BCUT2D eigenvalue weighted by atomic mass is 9.98. The zero-order valence-electron chi connectivity index (χ0n) is 30.4. The molecule has 0 aliphatic rings. The number of hydrogen-bond acceptors (Lipinski definition) is 5. The third kappa shape index (κ3) is 4.98. The van der Waals surface area contributed by atoms with Gasteiger partial charge in [0.15, 0.2) is 11.6 Å². The summed E-state index contributed by atoms with van der Waals surface area (Å²) in [4.78, 5) is 15.4. The Morgan fingerprint density at radius 3 is 1.67 bits per heavy atom. The second kappa shape index (κ2) is 12.6. The normalized spacial score (nSPS) is 11.9. The van der Waals surface area contributed by atoms with Gasteiger partial charge in [0.05, 0.1) is 11.0 Å². The van der Waals surface area contributed by atoms with Gasteiger partial charge in [0.1, 0.15) is 11.2 Å². The average molecular weight is 747 g/mol. The van der Waals surface area contributed by atoms with Gasteiger partial charge in [0.25, 0.3) is 0 Å². The summed E-state index contributed by atoms with van der Waals surface area (Å²) in [5.74, 6) is 1.78. The fourth-order valence-corrected chi connectivity index (χ4v) is 9.72. The van der Waals surface area contributed by atoms with Gasteiger partial charge in [-0.05, 0) is 29.8 Å². The van der Waals surface area contributed by atoms with E-state index in [0.29, 0.717) is 17.6 Å². The molecule has 12 rings (SSSR count). The van der Waals surface area contributed by atoms with E-state index < -0.39 is 0 Å². The number of aromatic nitrogens is 4. The van der Waals surface area contributed by atoms with E-state index in [4.69, 9.17) is 19.4 Å². The van der Waals surface area contributed by atoms with Gasteiger partial charge in [-0.3, -0.25) is 4.57 Å². The summed E-state index contributed by atoms with van der Waals surface area (Å²) in [5.41, 5.74) is 9.96. The predicted octanol–water partition coefficient (Wildman–Crippen LogP) is 13.9. The van der Waals surface area contributed by atoms with Crippen LogP contribution in [0, 0.1) is 0 Å². The third-order valence-electron chi connectivity index (χ3n) is 11.1. The standard InChI is InChI=1S/C51H30N4OS/c1-2-14-31(15-3-1)49-52-50(54-51(53-49)55-43-27-7-4-18-35(43)36-19-5-8-28-44(36)55)33-17-10-16-32(30-33)34-21-11-22-38-39-23-12-24-40(47(39)56-46(34)38)42-26-13-25-41-37-20-6-9-29-45(37)57-48(41)42/h1-30H. The first kappa shape index (κ1) is 31.9. The summed E-state index contributed by atoms with van der Waals surface area (Å²) >= 11 is 1.84. The van der Waals surface area contributed by atoms with E-state index in [9.17, 15) is 0 Å². The quantitative estimate of drug-likeness (QED) is 0.176. The van der Waals surface area contributed by atoms with Crippen LogP contribution >= 0.6 is 11.3 Å². The van der Waals surface area contributed by atoms with E-state index in [1.54, 1.807) is 0 Å². The van der Waals surface area contributed by atoms with Gasteiger partial charge in [-0.1, -0.05) is 158 Å². The Hall–Kier alpha value is -7.41. The summed E-state index contributed by atoms with van der Waals surface area (Å²) in [6, 6.07) is 63.6. The molecule has 6 heteroatoms. The fraction of sp³-hybridized carbons (Fsp3) is 0. The van der Waals surface area contributed by atoms with Crippen molar-refractivity contribution in [3.63, 3.8) is 0 Å². The molecule has 0 N–H and O–H groups in total. The Morgan fingerprint density at radius 2 is 0.912 bits per heavy atom. The van der Waals surface area contributed by atoms with Crippen molar-refractivity contribution in [3.8, 4) is 51.0 Å². The van der Waals surface area contributed by atoms with Crippen LogP contribution in [0.15, 0.2) is 186 Å². The Balaban J connectivity index is 1.03. The predicted molar refractivity (Wildman–Crippen MR) is 236 cm³/mol. The largest absolute Gasteiger partial charge is 0.455 e. The van der Waals surface area contributed by atoms with Crippen molar-refractivity contribution in [2.45, 2.75) is 0 Å².